The van der Waals surface area contributed by atoms with Crippen LogP contribution in [0.5, 0.6) is 0 Å². The molecule has 1 aliphatic heterocycles. The average molecular weight is 341 g/mol. The van der Waals surface area contributed by atoms with Crippen molar-refractivity contribution >= 4 is 23.6 Å². The number of nitrogens with zero attached hydrogens (tertiary/aromatic N) is 2. The number of amides is 3. The number of ether oxygens (including phenoxy) is 1. The van der Waals surface area contributed by atoms with Crippen molar-refractivity contribution < 1.29 is 27.9 Å². The minimum atomic E-state index is -1.23. The number of carbonyl (C=O) groups excluding carboxylic acids is 3. The molecule has 0 radical (unpaired) electrons. The second-order valence-corrected chi connectivity index (χ2v) is 5.16. The van der Waals surface area contributed by atoms with Gasteiger partial charge in [0.1, 0.15) is 0 Å². The van der Waals surface area contributed by atoms with E-state index in [9.17, 15) is 23.2 Å². The molecule has 1 heterocycles. The maximum atomic E-state index is 13.5. The van der Waals surface area contributed by atoms with Gasteiger partial charge >= 0.3 is 17.9 Å². The zero-order valence-corrected chi connectivity index (χ0v) is 13.1. The summed E-state index contributed by atoms with van der Waals surface area (Å²) < 4.78 is 31.3. The van der Waals surface area contributed by atoms with Crippen LogP contribution in [0, 0.1) is 11.6 Å². The van der Waals surface area contributed by atoms with Gasteiger partial charge in [-0.1, -0.05) is 6.07 Å². The number of carbonyl (C=O) groups is 3. The highest BCUT2D eigenvalue weighted by atomic mass is 19.2. The van der Waals surface area contributed by atoms with E-state index in [0.29, 0.717) is 13.0 Å². The minimum Gasteiger partial charge on any atom is -0.453 e. The van der Waals surface area contributed by atoms with Crippen LogP contribution in [-0.2, 0) is 14.3 Å². The largest absolute Gasteiger partial charge is 0.453 e. The number of hydrogen-bond acceptors (Lipinski definition) is 4. The molecule has 0 aromatic heterocycles. The molecular weight excluding hydrogens is 324 g/mol. The summed E-state index contributed by atoms with van der Waals surface area (Å²) in [5.74, 6) is -4.29. The van der Waals surface area contributed by atoms with Gasteiger partial charge in [-0.15, -0.1) is 0 Å². The number of nitrogens with one attached hydrogen (secondary N) is 1. The number of anilines is 1. The van der Waals surface area contributed by atoms with E-state index in [0.717, 1.165) is 12.1 Å². The van der Waals surface area contributed by atoms with Gasteiger partial charge in [-0.05, 0) is 18.6 Å². The number of methoxy groups -OCH3 is 1. The zero-order chi connectivity index (χ0) is 17.7. The highest BCUT2D eigenvalue weighted by molar-refractivity contribution is 6.39. The molecule has 1 fully saturated rings. The number of rotatable bonds is 1. The summed E-state index contributed by atoms with van der Waals surface area (Å²) in [6.07, 6.45) is -0.0294. The lowest BCUT2D eigenvalue weighted by molar-refractivity contribution is -0.143. The standard InChI is InChI=1S/C15H17F2N3O4/c1-24-15(23)20-7-3-6-19(8-9-20)14(22)13(21)18-11-5-2-4-10(16)12(11)17/h2,4-5H,3,6-9H2,1H3,(H,18,21). The molecule has 9 heteroatoms. The van der Waals surface area contributed by atoms with Crippen LogP contribution in [-0.4, -0.2) is 61.0 Å². The van der Waals surface area contributed by atoms with Crippen LogP contribution in [0.2, 0.25) is 0 Å². The topological polar surface area (TPSA) is 79.0 Å². The average Bonchev–Trinajstić information content (AvgIpc) is 2.83. The van der Waals surface area contributed by atoms with Crippen molar-refractivity contribution in [1.82, 2.24) is 9.80 Å². The maximum Gasteiger partial charge on any atom is 0.409 e. The molecule has 1 aromatic rings. The van der Waals surface area contributed by atoms with Crippen LogP contribution >= 0.6 is 0 Å². The first-order valence-corrected chi connectivity index (χ1v) is 7.31. The van der Waals surface area contributed by atoms with E-state index in [2.05, 4.69) is 10.1 Å². The lowest BCUT2D eigenvalue weighted by atomic mass is 10.3. The zero-order valence-electron chi connectivity index (χ0n) is 13.1. The molecule has 2 rings (SSSR count). The fourth-order valence-corrected chi connectivity index (χ4v) is 2.35. The summed E-state index contributed by atoms with van der Waals surface area (Å²) in [6.45, 7) is 1.04. The molecule has 0 bridgehead atoms. The Bertz CT molecular complexity index is 654. The third-order valence-corrected chi connectivity index (χ3v) is 3.61. The van der Waals surface area contributed by atoms with Crippen molar-refractivity contribution in [3.05, 3.63) is 29.8 Å². The first kappa shape index (κ1) is 17.6. The molecule has 24 heavy (non-hydrogen) atoms. The van der Waals surface area contributed by atoms with Crippen molar-refractivity contribution in [2.45, 2.75) is 6.42 Å². The third kappa shape index (κ3) is 3.98. The van der Waals surface area contributed by atoms with Crippen LogP contribution in [0.15, 0.2) is 18.2 Å². The Kier molecular flexibility index (Phi) is 5.67. The van der Waals surface area contributed by atoms with Crippen LogP contribution in [0.3, 0.4) is 0 Å². The highest BCUT2D eigenvalue weighted by Gasteiger charge is 2.27. The lowest BCUT2D eigenvalue weighted by Crippen LogP contribution is -2.42. The van der Waals surface area contributed by atoms with Crippen LogP contribution in [0.1, 0.15) is 6.42 Å². The summed E-state index contributed by atoms with van der Waals surface area (Å²) in [5, 5.41) is 2.06. The molecule has 130 valence electrons. The van der Waals surface area contributed by atoms with Gasteiger partial charge in [0, 0.05) is 26.2 Å². The van der Waals surface area contributed by atoms with Gasteiger partial charge in [0.05, 0.1) is 12.8 Å². The molecule has 7 nitrogen and oxygen atoms in total. The Hall–Kier alpha value is -2.71. The number of halogens is 2. The second-order valence-electron chi connectivity index (χ2n) is 5.16. The normalized spacial score (nSPS) is 14.8. The Balaban J connectivity index is 1.99. The Morgan fingerprint density at radius 3 is 2.46 bits per heavy atom. The van der Waals surface area contributed by atoms with E-state index in [1.54, 1.807) is 0 Å². The van der Waals surface area contributed by atoms with Crippen LogP contribution in [0.4, 0.5) is 19.3 Å². The fourth-order valence-electron chi connectivity index (χ4n) is 2.35. The highest BCUT2D eigenvalue weighted by Crippen LogP contribution is 2.16. The van der Waals surface area contributed by atoms with Gasteiger partial charge < -0.3 is 19.9 Å². The summed E-state index contributed by atoms with van der Waals surface area (Å²) in [4.78, 5) is 38.3. The molecule has 1 aliphatic rings. The molecule has 0 saturated carbocycles. The van der Waals surface area contributed by atoms with Crippen LogP contribution in [0.25, 0.3) is 0 Å². The predicted molar refractivity (Wildman–Crippen MR) is 80.2 cm³/mol. The predicted octanol–water partition coefficient (Wildman–Crippen LogP) is 1.20. The van der Waals surface area contributed by atoms with Crippen molar-refractivity contribution in [1.29, 1.82) is 0 Å². The van der Waals surface area contributed by atoms with Crippen molar-refractivity contribution in [3.63, 3.8) is 0 Å². The van der Waals surface area contributed by atoms with E-state index < -0.39 is 35.2 Å². The Morgan fingerprint density at radius 1 is 1.08 bits per heavy atom. The SMILES string of the molecule is COC(=O)N1CCCN(C(=O)C(=O)Nc2cccc(F)c2F)CC1. The van der Waals surface area contributed by atoms with Crippen molar-refractivity contribution in [3.8, 4) is 0 Å². The molecule has 3 amide bonds. The van der Waals surface area contributed by atoms with Gasteiger partial charge in [-0.25, -0.2) is 13.6 Å². The van der Waals surface area contributed by atoms with Gasteiger partial charge in [0.25, 0.3) is 0 Å². The van der Waals surface area contributed by atoms with Gasteiger partial charge in [-0.2, -0.15) is 0 Å². The molecule has 1 N–H and O–H groups in total. The monoisotopic (exact) mass is 341 g/mol. The summed E-state index contributed by atoms with van der Waals surface area (Å²) in [7, 11) is 1.26. The van der Waals surface area contributed by atoms with Crippen molar-refractivity contribution in [2.75, 3.05) is 38.6 Å². The quantitative estimate of drug-likeness (QED) is 0.779. The number of benzene rings is 1. The van der Waals surface area contributed by atoms with Gasteiger partial charge in [0.2, 0.25) is 0 Å². The van der Waals surface area contributed by atoms with E-state index in [1.807, 2.05) is 0 Å². The molecule has 1 aromatic carbocycles. The second kappa shape index (κ2) is 7.71. The molecule has 0 aliphatic carbocycles. The summed E-state index contributed by atoms with van der Waals surface area (Å²) in [5.41, 5.74) is -0.403. The first-order chi connectivity index (χ1) is 11.4. The van der Waals surface area contributed by atoms with E-state index in [-0.39, 0.29) is 19.6 Å². The van der Waals surface area contributed by atoms with Gasteiger partial charge in [-0.3, -0.25) is 9.59 Å². The van der Waals surface area contributed by atoms with E-state index in [4.69, 9.17) is 0 Å². The Morgan fingerprint density at radius 2 is 1.75 bits per heavy atom. The molecule has 1 saturated heterocycles. The van der Waals surface area contributed by atoms with Crippen LogP contribution < -0.4 is 5.32 Å². The third-order valence-electron chi connectivity index (χ3n) is 3.61. The van der Waals surface area contributed by atoms with Gasteiger partial charge in [0.15, 0.2) is 11.6 Å². The maximum absolute atomic E-state index is 13.5. The smallest absolute Gasteiger partial charge is 0.409 e. The first-order valence-electron chi connectivity index (χ1n) is 7.31. The summed E-state index contributed by atoms with van der Waals surface area (Å²) in [6, 6.07) is 3.28. The number of hydrogen-bond donors (Lipinski definition) is 1. The fraction of sp³-hybridized carbons (Fsp3) is 0.400. The van der Waals surface area contributed by atoms with Crippen molar-refractivity contribution in [2.24, 2.45) is 0 Å². The molecule has 0 unspecified atom stereocenters. The molecule has 0 spiro atoms. The minimum absolute atomic E-state index is 0.146. The van der Waals surface area contributed by atoms with E-state index >= 15 is 0 Å². The molecular formula is C15H17F2N3O4. The summed E-state index contributed by atoms with van der Waals surface area (Å²) >= 11 is 0. The van der Waals surface area contributed by atoms with E-state index in [1.165, 1.54) is 23.0 Å². The lowest BCUT2D eigenvalue weighted by Gasteiger charge is -2.21. The Labute approximate surface area is 137 Å². The molecule has 0 atom stereocenters.